The third-order valence-electron chi connectivity index (χ3n) is 10.6. The van der Waals surface area contributed by atoms with Crippen molar-refractivity contribution < 1.29 is 52.9 Å². The number of carboxylic acids is 1. The van der Waals surface area contributed by atoms with Crippen LogP contribution in [0.2, 0.25) is 0 Å². The molecule has 0 fully saturated rings. The number of aromatic carboxylic acids is 1. The number of anilines is 1. The van der Waals surface area contributed by atoms with E-state index in [0.717, 1.165) is 50.2 Å². The third-order valence-corrected chi connectivity index (χ3v) is 10.6. The molecule has 1 aliphatic carbocycles. The van der Waals surface area contributed by atoms with Gasteiger partial charge in [-0.05, 0) is 102 Å². The summed E-state index contributed by atoms with van der Waals surface area (Å²) in [6.45, 7) is 4.85. The minimum Gasteiger partial charge on any atom is -0.508 e. The standard InChI is InChI=1S/C49H41N3O8.2CO2/c1-28-7-16-38-41(23-28)59-42-25-32(52(2)3)13-18-39(42)46(38)35-17-12-31(24-40(35)49(57)58)48(56)51-22-6-4-5-21-50-47(55)30-10-8-29(9-11-30)45-36-19-14-33(53)26-43(36)60-44-27-34(54)15-20-37(44)45;2*2-1-3/h7-20,23-27,53H,1,4-6,21-22H2,2-3H3,(H,50,55)(H,51,56)(H,57,58);;. The molecule has 2 aliphatic heterocycles. The molecule has 5 aromatic carbocycles. The largest absolute Gasteiger partial charge is 0.508 e. The van der Waals surface area contributed by atoms with Gasteiger partial charge in [0.05, 0.1) is 5.56 Å². The number of unbranched alkanes of at least 4 members (excludes halogenated alkanes) is 2. The normalized spacial score (nSPS) is 10.9. The maximum atomic E-state index is 13.2. The number of hydrogen-bond acceptors (Lipinski definition) is 12. The lowest BCUT2D eigenvalue weighted by Crippen LogP contribution is -2.26. The van der Waals surface area contributed by atoms with Gasteiger partial charge in [0.1, 0.15) is 28.6 Å². The molecular formula is C51H41N3O12. The van der Waals surface area contributed by atoms with Gasteiger partial charge >= 0.3 is 18.3 Å². The van der Waals surface area contributed by atoms with Gasteiger partial charge in [-0.25, -0.2) is 4.79 Å². The Labute approximate surface area is 376 Å². The number of nitrogens with zero attached hydrogens (tertiary/aromatic N) is 1. The quantitative estimate of drug-likeness (QED) is 0.0822. The summed E-state index contributed by atoms with van der Waals surface area (Å²) in [7, 11) is 3.86. The Morgan fingerprint density at radius 2 is 1.32 bits per heavy atom. The lowest BCUT2D eigenvalue weighted by atomic mass is 9.88. The Morgan fingerprint density at radius 3 is 1.98 bits per heavy atom. The minimum absolute atomic E-state index is 0.00437. The number of nitrogens with one attached hydrogen (secondary N) is 2. The molecule has 0 radical (unpaired) electrons. The Morgan fingerprint density at radius 1 is 0.682 bits per heavy atom. The summed E-state index contributed by atoms with van der Waals surface area (Å²) < 4.78 is 12.2. The van der Waals surface area contributed by atoms with Crippen molar-refractivity contribution in [3.63, 3.8) is 0 Å². The number of amides is 2. The molecule has 332 valence electrons. The number of carbonyl (C=O) groups excluding carboxylic acids is 6. The zero-order valence-corrected chi connectivity index (χ0v) is 35.6. The number of carboxylic acid groups (broad SMARTS) is 1. The van der Waals surface area contributed by atoms with Gasteiger partial charge in [0.25, 0.3) is 11.8 Å². The van der Waals surface area contributed by atoms with Crippen molar-refractivity contribution in [2.45, 2.75) is 19.3 Å². The fourth-order valence-electron chi connectivity index (χ4n) is 7.57. The molecule has 0 aromatic heterocycles. The van der Waals surface area contributed by atoms with E-state index >= 15 is 0 Å². The van der Waals surface area contributed by atoms with Crippen LogP contribution in [0.1, 0.15) is 61.5 Å². The van der Waals surface area contributed by atoms with Gasteiger partial charge in [-0.2, -0.15) is 19.2 Å². The van der Waals surface area contributed by atoms with Crippen LogP contribution < -0.4 is 36.1 Å². The maximum absolute atomic E-state index is 13.2. The molecule has 2 heterocycles. The average molecular weight is 888 g/mol. The smallest absolute Gasteiger partial charge is 0.373 e. The highest BCUT2D eigenvalue weighted by Gasteiger charge is 2.26. The third kappa shape index (κ3) is 10.5. The highest BCUT2D eigenvalue weighted by molar-refractivity contribution is 6.04. The summed E-state index contributed by atoms with van der Waals surface area (Å²) in [6, 6.07) is 32.7. The van der Waals surface area contributed by atoms with Gasteiger partial charge < -0.3 is 34.9 Å². The van der Waals surface area contributed by atoms with E-state index in [-0.39, 0.29) is 46.4 Å². The monoisotopic (exact) mass is 887 g/mol. The number of phenolic OH excluding ortho intramolecular Hbond substituents is 1. The first kappa shape index (κ1) is 46.6. The fraction of sp³-hybridized carbons (Fsp3) is 0.137. The van der Waals surface area contributed by atoms with E-state index in [4.69, 9.17) is 28.3 Å². The first-order valence-electron chi connectivity index (χ1n) is 20.3. The zero-order chi connectivity index (χ0) is 47.5. The molecule has 0 unspecified atom stereocenters. The number of hydrogen-bond donors (Lipinski definition) is 4. The van der Waals surface area contributed by atoms with Crippen LogP contribution in [0.25, 0.3) is 45.6 Å². The van der Waals surface area contributed by atoms with Crippen molar-refractivity contribution in [3.05, 3.63) is 164 Å². The molecule has 5 aromatic rings. The number of ether oxygens (including phenoxy) is 1. The molecule has 15 heteroatoms. The maximum Gasteiger partial charge on any atom is 0.373 e. The van der Waals surface area contributed by atoms with Crippen LogP contribution in [-0.4, -0.2) is 67.5 Å². The van der Waals surface area contributed by atoms with Gasteiger partial charge in [0.15, 0.2) is 5.43 Å². The molecule has 0 bridgehead atoms. The second-order valence-electron chi connectivity index (χ2n) is 15.1. The van der Waals surface area contributed by atoms with Crippen LogP contribution in [0, 0.1) is 0 Å². The minimum atomic E-state index is -1.16. The SMILES string of the molecule is C=c1ccc2c(c1)Oc1cc(N(C)C)ccc1C=2c1ccc(C(=O)NCCCCCNC(=O)c2ccc(-c3c4ccc(=O)cc-4oc4cc(O)ccc34)cc2)cc1C(=O)O.O=C=O.O=C=O. The molecule has 0 spiro atoms. The zero-order valence-electron chi connectivity index (χ0n) is 35.6. The predicted octanol–water partition coefficient (Wildman–Crippen LogP) is 5.96. The summed E-state index contributed by atoms with van der Waals surface area (Å²) in [5.41, 5.74) is 6.16. The molecule has 3 aliphatic rings. The number of aromatic hydroxyl groups is 1. The molecule has 66 heavy (non-hydrogen) atoms. The van der Waals surface area contributed by atoms with E-state index in [1.165, 1.54) is 24.3 Å². The number of carbonyl (C=O) groups is 3. The summed E-state index contributed by atoms with van der Waals surface area (Å²) in [6.07, 6.45) is 2.59. The van der Waals surface area contributed by atoms with E-state index in [1.54, 1.807) is 42.5 Å². The van der Waals surface area contributed by atoms with Gasteiger partial charge in [0.2, 0.25) is 0 Å². The van der Waals surface area contributed by atoms with E-state index in [1.807, 2.05) is 67.5 Å². The van der Waals surface area contributed by atoms with Crippen molar-refractivity contribution in [3.8, 4) is 39.7 Å². The molecule has 0 saturated carbocycles. The number of benzene rings is 6. The number of phenols is 1. The molecule has 15 nitrogen and oxygen atoms in total. The summed E-state index contributed by atoms with van der Waals surface area (Å²) in [5.74, 6) is -0.153. The van der Waals surface area contributed by atoms with Crippen LogP contribution in [0.5, 0.6) is 17.2 Å². The predicted molar refractivity (Wildman–Crippen MR) is 242 cm³/mol. The van der Waals surface area contributed by atoms with Crippen molar-refractivity contribution in [2.75, 3.05) is 32.1 Å². The van der Waals surface area contributed by atoms with Crippen LogP contribution in [0.3, 0.4) is 0 Å². The van der Waals surface area contributed by atoms with E-state index in [0.29, 0.717) is 65.5 Å². The second kappa shape index (κ2) is 21.0. The van der Waals surface area contributed by atoms with E-state index in [9.17, 15) is 29.4 Å². The summed E-state index contributed by atoms with van der Waals surface area (Å²) in [5, 5.41) is 28.5. The van der Waals surface area contributed by atoms with Gasteiger partial charge in [-0.3, -0.25) is 14.4 Å². The van der Waals surface area contributed by atoms with E-state index < -0.39 is 5.97 Å². The first-order valence-corrected chi connectivity index (χ1v) is 20.3. The summed E-state index contributed by atoms with van der Waals surface area (Å²) >= 11 is 0. The Hall–Kier alpha value is -8.90. The van der Waals surface area contributed by atoms with Crippen molar-refractivity contribution in [1.29, 1.82) is 0 Å². The molecule has 4 N–H and O–H groups in total. The van der Waals surface area contributed by atoms with Crippen LogP contribution in [0.4, 0.5) is 5.69 Å². The molecular weight excluding hydrogens is 847 g/mol. The topological polar surface area (TPSA) is 227 Å². The van der Waals surface area contributed by atoms with Gasteiger partial charge in [0, 0.05) is 95.1 Å². The molecule has 0 saturated heterocycles. The number of fused-ring (bicyclic) bond motifs is 4. The van der Waals surface area contributed by atoms with Crippen LogP contribution in [0.15, 0.2) is 124 Å². The molecule has 8 rings (SSSR count). The number of rotatable bonds is 12. The first-order chi connectivity index (χ1) is 31.8. The van der Waals surface area contributed by atoms with Crippen molar-refractivity contribution in [2.24, 2.45) is 0 Å². The summed E-state index contributed by atoms with van der Waals surface area (Å²) in [4.78, 5) is 85.4. The Balaban J connectivity index is 0.00000114. The molecule has 2 amide bonds. The fourth-order valence-corrected chi connectivity index (χ4v) is 7.57. The van der Waals surface area contributed by atoms with Crippen molar-refractivity contribution >= 4 is 58.9 Å². The highest BCUT2D eigenvalue weighted by atomic mass is 16.5. The Bertz CT molecular complexity index is 3190. The Kier molecular flexibility index (Phi) is 14.8. The molecule has 0 atom stereocenters. The van der Waals surface area contributed by atoms with Crippen LogP contribution in [-0.2, 0) is 19.2 Å². The second-order valence-corrected chi connectivity index (χ2v) is 15.1. The average Bonchev–Trinajstić information content (AvgIpc) is 3.29. The van der Waals surface area contributed by atoms with Gasteiger partial charge in [-0.1, -0.05) is 36.9 Å². The lowest BCUT2D eigenvalue weighted by molar-refractivity contribution is -0.193. The highest BCUT2D eigenvalue weighted by Crippen LogP contribution is 2.41. The lowest BCUT2D eigenvalue weighted by Gasteiger charge is -2.24. The van der Waals surface area contributed by atoms with Gasteiger partial charge in [-0.15, -0.1) is 0 Å². The van der Waals surface area contributed by atoms with E-state index in [2.05, 4.69) is 17.2 Å². The van der Waals surface area contributed by atoms with Crippen molar-refractivity contribution in [1.82, 2.24) is 10.6 Å². The van der Waals surface area contributed by atoms with Crippen LogP contribution >= 0.6 is 0 Å².